The number of hydrogen-bond acceptors (Lipinski definition) is 4. The minimum Gasteiger partial charge on any atom is -0.494 e. The zero-order chi connectivity index (χ0) is 22.6. The van der Waals surface area contributed by atoms with Gasteiger partial charge in [0.2, 0.25) is 0 Å². The Morgan fingerprint density at radius 3 is 2.42 bits per heavy atom. The van der Waals surface area contributed by atoms with Gasteiger partial charge in [0.15, 0.2) is 0 Å². The summed E-state index contributed by atoms with van der Waals surface area (Å²) < 4.78 is 10.8. The molecule has 0 spiro atoms. The number of urea groups is 1. The summed E-state index contributed by atoms with van der Waals surface area (Å²) in [4.78, 5) is 24.6. The van der Waals surface area contributed by atoms with E-state index in [4.69, 9.17) is 21.1 Å². The Bertz CT molecular complexity index is 779. The van der Waals surface area contributed by atoms with Crippen LogP contribution in [0.4, 0.5) is 4.79 Å². The van der Waals surface area contributed by atoms with Crippen LogP contribution < -0.4 is 15.4 Å². The smallest absolute Gasteiger partial charge is 0.337 e. The first kappa shape index (κ1) is 25.1. The number of halogens is 1. The number of nitrogens with one attached hydrogen (secondary N) is 2. The highest BCUT2D eigenvalue weighted by Crippen LogP contribution is 2.35. The van der Waals surface area contributed by atoms with E-state index in [9.17, 15) is 9.59 Å². The van der Waals surface area contributed by atoms with Gasteiger partial charge in [0.25, 0.3) is 0 Å². The quantitative estimate of drug-likeness (QED) is 0.283. The molecule has 1 aliphatic rings. The maximum atomic E-state index is 12.5. The summed E-state index contributed by atoms with van der Waals surface area (Å²) in [5.74, 6) is 0.189. The average molecular weight is 451 g/mol. The number of allylic oxidation sites excluding steroid dienone is 1. The van der Waals surface area contributed by atoms with Gasteiger partial charge in [0, 0.05) is 10.7 Å². The van der Waals surface area contributed by atoms with Crippen LogP contribution in [0.2, 0.25) is 5.02 Å². The summed E-state index contributed by atoms with van der Waals surface area (Å²) in [5.41, 5.74) is 1.58. The van der Waals surface area contributed by atoms with Crippen molar-refractivity contribution in [3.63, 3.8) is 0 Å². The Balaban J connectivity index is 2.04. The van der Waals surface area contributed by atoms with Crippen LogP contribution in [-0.4, -0.2) is 25.7 Å². The van der Waals surface area contributed by atoms with Gasteiger partial charge in [0.05, 0.1) is 25.3 Å². The largest absolute Gasteiger partial charge is 0.494 e. The van der Waals surface area contributed by atoms with Gasteiger partial charge in [-0.25, -0.2) is 9.59 Å². The molecule has 0 radical (unpaired) electrons. The number of benzene rings is 1. The summed E-state index contributed by atoms with van der Waals surface area (Å²) in [6.45, 7) is 4.84. The van der Waals surface area contributed by atoms with Crippen LogP contribution >= 0.6 is 11.6 Å². The van der Waals surface area contributed by atoms with E-state index in [-0.39, 0.29) is 6.03 Å². The topological polar surface area (TPSA) is 76.7 Å². The molecule has 0 saturated heterocycles. The second kappa shape index (κ2) is 13.3. The highest BCUT2D eigenvalue weighted by molar-refractivity contribution is 6.31. The van der Waals surface area contributed by atoms with Gasteiger partial charge >= 0.3 is 12.0 Å². The number of esters is 1. The van der Waals surface area contributed by atoms with E-state index in [1.807, 2.05) is 13.0 Å². The number of ether oxygens (including phenoxy) is 2. The van der Waals surface area contributed by atoms with Crippen molar-refractivity contribution in [2.24, 2.45) is 0 Å². The van der Waals surface area contributed by atoms with Crippen molar-refractivity contribution in [1.29, 1.82) is 0 Å². The van der Waals surface area contributed by atoms with E-state index in [1.54, 1.807) is 12.1 Å². The molecule has 1 aromatic carbocycles. The third-order valence-corrected chi connectivity index (χ3v) is 5.69. The standard InChI is InChI=1S/C24H35ClN2O4/c1-4-6-7-8-9-10-11-15-31-17-13-14-18(19(25)16-17)22-21(23(28)30-3)20(12-5-2)26-24(29)27-22/h13-14,16,22H,4-12,15H2,1-3H3,(H2,26,27,29). The Hall–Kier alpha value is -2.21. The minimum atomic E-state index is -0.674. The van der Waals surface area contributed by atoms with Gasteiger partial charge in [-0.3, -0.25) is 0 Å². The predicted molar refractivity (Wildman–Crippen MR) is 123 cm³/mol. The number of amides is 2. The first-order valence-corrected chi connectivity index (χ1v) is 11.7. The van der Waals surface area contributed by atoms with Crippen molar-refractivity contribution in [3.8, 4) is 5.75 Å². The predicted octanol–water partition coefficient (Wildman–Crippen LogP) is 6.05. The molecule has 2 amide bonds. The third-order valence-electron chi connectivity index (χ3n) is 5.36. The third kappa shape index (κ3) is 7.46. The van der Waals surface area contributed by atoms with Crippen LogP contribution in [0.1, 0.15) is 83.2 Å². The summed E-state index contributed by atoms with van der Waals surface area (Å²) in [7, 11) is 1.33. The SMILES string of the molecule is CCCCCCCCCOc1ccc(C2NC(=O)NC(CCC)=C2C(=O)OC)c(Cl)c1. The lowest BCUT2D eigenvalue weighted by molar-refractivity contribution is -0.136. The van der Waals surface area contributed by atoms with Crippen molar-refractivity contribution in [1.82, 2.24) is 10.6 Å². The number of methoxy groups -OCH3 is 1. The molecular weight excluding hydrogens is 416 g/mol. The number of rotatable bonds is 13. The maximum Gasteiger partial charge on any atom is 0.337 e. The molecule has 2 rings (SSSR count). The molecule has 1 heterocycles. The van der Waals surface area contributed by atoms with Crippen LogP contribution in [0.25, 0.3) is 0 Å². The molecule has 1 aliphatic heterocycles. The Morgan fingerprint density at radius 1 is 1.06 bits per heavy atom. The van der Waals surface area contributed by atoms with E-state index in [1.165, 1.54) is 39.2 Å². The Kier molecular flexibility index (Phi) is 10.7. The lowest BCUT2D eigenvalue weighted by Gasteiger charge is -2.29. The van der Waals surface area contributed by atoms with Gasteiger partial charge in [-0.15, -0.1) is 0 Å². The Labute approximate surface area is 190 Å². The molecule has 172 valence electrons. The molecule has 0 fully saturated rings. The van der Waals surface area contributed by atoms with E-state index < -0.39 is 12.0 Å². The molecule has 0 saturated carbocycles. The number of carbonyl (C=O) groups excluding carboxylic acids is 2. The molecule has 6 nitrogen and oxygen atoms in total. The normalized spacial score (nSPS) is 16.0. The van der Waals surface area contributed by atoms with Crippen molar-refractivity contribution in [2.45, 2.75) is 77.7 Å². The number of carbonyl (C=O) groups is 2. The Morgan fingerprint density at radius 2 is 1.77 bits per heavy atom. The first-order chi connectivity index (χ1) is 15.0. The van der Waals surface area contributed by atoms with Crippen LogP contribution in [0.15, 0.2) is 29.5 Å². The van der Waals surface area contributed by atoms with Crippen molar-refractivity contribution in [3.05, 3.63) is 40.1 Å². The number of unbranched alkanes of at least 4 members (excludes halogenated alkanes) is 6. The molecule has 0 bridgehead atoms. The van der Waals surface area contributed by atoms with E-state index in [2.05, 4.69) is 17.6 Å². The van der Waals surface area contributed by atoms with Gasteiger partial charge < -0.3 is 20.1 Å². The van der Waals surface area contributed by atoms with E-state index in [0.29, 0.717) is 40.6 Å². The molecular formula is C24H35ClN2O4. The fourth-order valence-electron chi connectivity index (χ4n) is 3.73. The number of hydrogen-bond donors (Lipinski definition) is 2. The first-order valence-electron chi connectivity index (χ1n) is 11.3. The van der Waals surface area contributed by atoms with Crippen molar-refractivity contribution < 1.29 is 19.1 Å². The maximum absolute atomic E-state index is 12.5. The van der Waals surface area contributed by atoms with Crippen molar-refractivity contribution >= 4 is 23.6 Å². The lowest BCUT2D eigenvalue weighted by atomic mass is 9.93. The van der Waals surface area contributed by atoms with Crippen LogP contribution in [0.3, 0.4) is 0 Å². The van der Waals surface area contributed by atoms with E-state index in [0.717, 1.165) is 19.3 Å². The van der Waals surface area contributed by atoms with Crippen LogP contribution in [0.5, 0.6) is 5.75 Å². The molecule has 0 aliphatic carbocycles. The van der Waals surface area contributed by atoms with Crippen molar-refractivity contribution in [2.75, 3.05) is 13.7 Å². The zero-order valence-electron chi connectivity index (χ0n) is 18.9. The lowest BCUT2D eigenvalue weighted by Crippen LogP contribution is -2.46. The molecule has 31 heavy (non-hydrogen) atoms. The summed E-state index contributed by atoms with van der Waals surface area (Å²) in [6, 6.07) is 4.32. The van der Waals surface area contributed by atoms with Crippen LogP contribution in [0, 0.1) is 0 Å². The molecule has 1 aromatic rings. The van der Waals surface area contributed by atoms with Gasteiger partial charge in [0.1, 0.15) is 5.75 Å². The molecule has 0 aromatic heterocycles. The second-order valence-electron chi connectivity index (χ2n) is 7.82. The zero-order valence-corrected chi connectivity index (χ0v) is 19.6. The van der Waals surface area contributed by atoms with E-state index >= 15 is 0 Å². The van der Waals surface area contributed by atoms with Gasteiger partial charge in [-0.1, -0.05) is 76.5 Å². The summed E-state index contributed by atoms with van der Waals surface area (Å²) in [5, 5.41) is 5.96. The minimum absolute atomic E-state index is 0.364. The van der Waals surface area contributed by atoms with Gasteiger partial charge in [-0.05, 0) is 30.5 Å². The molecule has 7 heteroatoms. The molecule has 1 unspecified atom stereocenters. The van der Waals surface area contributed by atoms with Gasteiger partial charge in [-0.2, -0.15) is 0 Å². The highest BCUT2D eigenvalue weighted by Gasteiger charge is 2.34. The molecule has 1 atom stereocenters. The fourth-order valence-corrected chi connectivity index (χ4v) is 4.01. The molecule has 2 N–H and O–H groups in total. The monoisotopic (exact) mass is 450 g/mol. The van der Waals surface area contributed by atoms with Crippen LogP contribution in [-0.2, 0) is 9.53 Å². The average Bonchev–Trinajstić information content (AvgIpc) is 2.75. The highest BCUT2D eigenvalue weighted by atomic mass is 35.5. The summed E-state index contributed by atoms with van der Waals surface area (Å²) >= 11 is 6.53. The fraction of sp³-hybridized carbons (Fsp3) is 0.583. The second-order valence-corrected chi connectivity index (χ2v) is 8.23. The summed E-state index contributed by atoms with van der Waals surface area (Å²) in [6.07, 6.45) is 9.91.